The number of hydrogen-bond donors (Lipinski definition) is 1. The number of ether oxygens (including phenoxy) is 1. The van der Waals surface area contributed by atoms with Crippen LogP contribution in [0.5, 0.6) is 5.75 Å². The minimum atomic E-state index is -0.764. The van der Waals surface area contributed by atoms with Crippen LogP contribution in [0.3, 0.4) is 0 Å². The number of nitrogens with zero attached hydrogens (tertiary/aromatic N) is 6. The summed E-state index contributed by atoms with van der Waals surface area (Å²) in [6.07, 6.45) is 4.18. The molecule has 4 rings (SSSR count). The third-order valence-corrected chi connectivity index (χ3v) is 5.78. The number of rotatable bonds is 9. The lowest BCUT2D eigenvalue weighted by Gasteiger charge is -2.29. The Morgan fingerprint density at radius 3 is 2.59 bits per heavy atom. The van der Waals surface area contributed by atoms with Crippen LogP contribution in [0.2, 0.25) is 0 Å². The van der Waals surface area contributed by atoms with E-state index in [-0.39, 0.29) is 0 Å². The smallest absolute Gasteiger partial charge is 0.225 e. The van der Waals surface area contributed by atoms with Crippen molar-refractivity contribution < 1.29 is 9.84 Å². The van der Waals surface area contributed by atoms with Gasteiger partial charge in [-0.15, -0.1) is 0 Å². The fraction of sp³-hybridized carbons (Fsp3) is 0.458. The number of benzene rings is 1. The van der Waals surface area contributed by atoms with Crippen LogP contribution in [0.4, 0.5) is 5.95 Å². The average molecular weight is 437 g/mol. The zero-order chi connectivity index (χ0) is 22.6. The molecular weight excluding hydrogens is 404 g/mol. The summed E-state index contributed by atoms with van der Waals surface area (Å²) in [7, 11) is 2.04. The molecule has 170 valence electrons. The molecule has 0 bridgehead atoms. The first-order valence-corrected chi connectivity index (χ1v) is 11.1. The fourth-order valence-corrected chi connectivity index (χ4v) is 4.32. The molecule has 3 heterocycles. The maximum atomic E-state index is 11.1. The molecule has 1 saturated heterocycles. The first kappa shape index (κ1) is 22.2. The van der Waals surface area contributed by atoms with Crippen molar-refractivity contribution in [2.45, 2.75) is 39.0 Å². The van der Waals surface area contributed by atoms with E-state index in [1.807, 2.05) is 35.7 Å². The maximum Gasteiger partial charge on any atom is 0.225 e. The lowest BCUT2D eigenvalue weighted by molar-refractivity contribution is 0.0279. The van der Waals surface area contributed by atoms with E-state index in [1.165, 1.54) is 5.56 Å². The van der Waals surface area contributed by atoms with Crippen molar-refractivity contribution in [3.63, 3.8) is 0 Å². The van der Waals surface area contributed by atoms with Crippen LogP contribution in [-0.2, 0) is 13.1 Å². The molecule has 0 radical (unpaired) electrons. The van der Waals surface area contributed by atoms with Gasteiger partial charge in [0.2, 0.25) is 5.95 Å². The number of anilines is 1. The van der Waals surface area contributed by atoms with E-state index in [1.54, 1.807) is 18.5 Å². The number of aliphatic hydroxyl groups is 1. The molecular formula is C24H32N6O2. The van der Waals surface area contributed by atoms with Crippen LogP contribution in [0.25, 0.3) is 0 Å². The first-order chi connectivity index (χ1) is 15.4. The van der Waals surface area contributed by atoms with Gasteiger partial charge in [0.15, 0.2) is 0 Å². The molecule has 0 saturated carbocycles. The standard InChI is InChI=1S/C24H32N6O2/c1-19-15-20(2)30(27-19)13-14-32-22-7-5-21(6-8-22)16-28(3)17-24(31)9-12-29(18-24)23-25-10-4-11-26-23/h4-8,10-11,15,31H,9,12-14,16-18H2,1-3H3/t24-/m1/s1. The second-order valence-corrected chi connectivity index (χ2v) is 8.76. The van der Waals surface area contributed by atoms with Crippen molar-refractivity contribution >= 4 is 5.95 Å². The molecule has 0 amide bonds. The molecule has 8 nitrogen and oxygen atoms in total. The van der Waals surface area contributed by atoms with Crippen LogP contribution < -0.4 is 9.64 Å². The Morgan fingerprint density at radius 1 is 1.16 bits per heavy atom. The van der Waals surface area contributed by atoms with Gasteiger partial charge >= 0.3 is 0 Å². The summed E-state index contributed by atoms with van der Waals surface area (Å²) < 4.78 is 7.85. The molecule has 3 aromatic rings. The quantitative estimate of drug-likeness (QED) is 0.552. The zero-order valence-electron chi connectivity index (χ0n) is 19.1. The summed E-state index contributed by atoms with van der Waals surface area (Å²) in [6.45, 7) is 8.03. The van der Waals surface area contributed by atoms with Crippen LogP contribution in [-0.4, -0.2) is 68.6 Å². The summed E-state index contributed by atoms with van der Waals surface area (Å²) in [5.74, 6) is 1.53. The Kier molecular flexibility index (Phi) is 6.72. The van der Waals surface area contributed by atoms with Gasteiger partial charge in [0.05, 0.1) is 24.4 Å². The average Bonchev–Trinajstić information content (AvgIpc) is 3.31. The molecule has 2 aromatic heterocycles. The number of likely N-dealkylation sites (N-methyl/N-ethyl adjacent to an activating group) is 1. The molecule has 8 heteroatoms. The summed E-state index contributed by atoms with van der Waals surface area (Å²) in [6, 6.07) is 12.0. The summed E-state index contributed by atoms with van der Waals surface area (Å²) >= 11 is 0. The van der Waals surface area contributed by atoms with Crippen molar-refractivity contribution in [1.29, 1.82) is 0 Å². The highest BCUT2D eigenvalue weighted by atomic mass is 16.5. The molecule has 1 N–H and O–H groups in total. The highest BCUT2D eigenvalue weighted by molar-refractivity contribution is 5.32. The van der Waals surface area contributed by atoms with Crippen LogP contribution in [0, 0.1) is 13.8 Å². The predicted octanol–water partition coefficient (Wildman–Crippen LogP) is 2.44. The van der Waals surface area contributed by atoms with Crippen molar-refractivity contribution in [2.75, 3.05) is 38.2 Å². The van der Waals surface area contributed by atoms with E-state index in [0.29, 0.717) is 32.1 Å². The highest BCUT2D eigenvalue weighted by Gasteiger charge is 2.37. The second kappa shape index (κ2) is 9.67. The normalized spacial score (nSPS) is 18.5. The van der Waals surface area contributed by atoms with Gasteiger partial charge < -0.3 is 14.7 Å². The minimum absolute atomic E-state index is 0.545. The molecule has 1 aromatic carbocycles. The van der Waals surface area contributed by atoms with E-state index in [4.69, 9.17) is 4.74 Å². The van der Waals surface area contributed by atoms with E-state index >= 15 is 0 Å². The Labute approximate surface area is 189 Å². The lowest BCUT2D eigenvalue weighted by Crippen LogP contribution is -2.43. The summed E-state index contributed by atoms with van der Waals surface area (Å²) in [4.78, 5) is 12.8. The van der Waals surface area contributed by atoms with E-state index < -0.39 is 5.60 Å². The Hall–Kier alpha value is -2.97. The van der Waals surface area contributed by atoms with E-state index in [0.717, 1.165) is 36.8 Å². The van der Waals surface area contributed by atoms with Crippen molar-refractivity contribution in [1.82, 2.24) is 24.6 Å². The maximum absolute atomic E-state index is 11.1. The SMILES string of the molecule is Cc1cc(C)n(CCOc2ccc(CN(C)C[C@]3(O)CCN(c4ncccn4)C3)cc2)n1. The van der Waals surface area contributed by atoms with Gasteiger partial charge in [-0.25, -0.2) is 9.97 Å². The Morgan fingerprint density at radius 2 is 1.91 bits per heavy atom. The minimum Gasteiger partial charge on any atom is -0.492 e. The fourth-order valence-electron chi connectivity index (χ4n) is 4.32. The predicted molar refractivity (Wildman–Crippen MR) is 124 cm³/mol. The van der Waals surface area contributed by atoms with Gasteiger partial charge in [-0.3, -0.25) is 9.58 Å². The molecule has 1 aliphatic rings. The molecule has 0 spiro atoms. The number of β-amino-alcohol motifs (C(OH)–C–C–N with tert-alkyl or cyclic N) is 1. The largest absolute Gasteiger partial charge is 0.492 e. The van der Waals surface area contributed by atoms with Gasteiger partial charge in [0, 0.05) is 37.7 Å². The lowest BCUT2D eigenvalue weighted by atomic mass is 10.0. The summed E-state index contributed by atoms with van der Waals surface area (Å²) in [5.41, 5.74) is 2.59. The highest BCUT2D eigenvalue weighted by Crippen LogP contribution is 2.25. The first-order valence-electron chi connectivity index (χ1n) is 11.1. The van der Waals surface area contributed by atoms with E-state index in [9.17, 15) is 5.11 Å². The molecule has 32 heavy (non-hydrogen) atoms. The number of aryl methyl sites for hydroxylation is 2. The monoisotopic (exact) mass is 436 g/mol. The number of hydrogen-bond acceptors (Lipinski definition) is 7. The van der Waals surface area contributed by atoms with Gasteiger partial charge in [0.25, 0.3) is 0 Å². The zero-order valence-corrected chi connectivity index (χ0v) is 19.1. The molecule has 0 unspecified atom stereocenters. The Balaban J connectivity index is 1.24. The number of aromatic nitrogens is 4. The molecule has 1 aliphatic heterocycles. The van der Waals surface area contributed by atoms with Crippen molar-refractivity contribution in [3.05, 3.63) is 65.7 Å². The third kappa shape index (κ3) is 5.63. The Bertz CT molecular complexity index is 1010. The molecule has 0 aliphatic carbocycles. The van der Waals surface area contributed by atoms with Gasteiger partial charge in [-0.05, 0) is 57.1 Å². The van der Waals surface area contributed by atoms with Crippen LogP contribution in [0.1, 0.15) is 23.4 Å². The van der Waals surface area contributed by atoms with Crippen molar-refractivity contribution in [2.24, 2.45) is 0 Å². The second-order valence-electron chi connectivity index (χ2n) is 8.76. The van der Waals surface area contributed by atoms with E-state index in [2.05, 4.69) is 45.1 Å². The van der Waals surface area contributed by atoms with Gasteiger partial charge in [0.1, 0.15) is 12.4 Å². The van der Waals surface area contributed by atoms with Crippen molar-refractivity contribution in [3.8, 4) is 5.75 Å². The topological polar surface area (TPSA) is 79.5 Å². The molecule has 1 fully saturated rings. The third-order valence-electron chi connectivity index (χ3n) is 5.78. The van der Waals surface area contributed by atoms with Gasteiger partial charge in [-0.2, -0.15) is 5.10 Å². The summed E-state index contributed by atoms with van der Waals surface area (Å²) in [5, 5.41) is 15.5. The molecule has 1 atom stereocenters. The van der Waals surface area contributed by atoms with Crippen LogP contribution in [0.15, 0.2) is 48.8 Å². The van der Waals surface area contributed by atoms with Gasteiger partial charge in [-0.1, -0.05) is 12.1 Å². The van der Waals surface area contributed by atoms with Crippen LogP contribution >= 0.6 is 0 Å².